The van der Waals surface area contributed by atoms with Crippen LogP contribution in [0.5, 0.6) is 5.88 Å². The number of allylic oxidation sites excluding steroid dienone is 2. The monoisotopic (exact) mass is 396 g/mol. The molecule has 30 heavy (non-hydrogen) atoms. The van der Waals surface area contributed by atoms with Crippen molar-refractivity contribution in [1.29, 1.82) is 5.26 Å². The van der Waals surface area contributed by atoms with E-state index in [9.17, 15) is 5.26 Å². The van der Waals surface area contributed by atoms with Crippen molar-refractivity contribution < 1.29 is 9.84 Å². The molecule has 3 aromatic rings. The van der Waals surface area contributed by atoms with E-state index in [2.05, 4.69) is 27.0 Å². The van der Waals surface area contributed by atoms with Crippen LogP contribution in [-0.4, -0.2) is 34.8 Å². The predicted octanol–water partition coefficient (Wildman–Crippen LogP) is 3.66. The molecule has 0 saturated carbocycles. The first-order valence-corrected chi connectivity index (χ1v) is 9.58. The van der Waals surface area contributed by atoms with Crippen LogP contribution in [0.1, 0.15) is 16.8 Å². The first-order valence-electron chi connectivity index (χ1n) is 9.58. The van der Waals surface area contributed by atoms with Crippen molar-refractivity contribution in [2.75, 3.05) is 24.7 Å². The van der Waals surface area contributed by atoms with Gasteiger partial charge >= 0.3 is 0 Å². The molecule has 1 N–H and O–H groups in total. The summed E-state index contributed by atoms with van der Waals surface area (Å²) in [6, 6.07) is 19.4. The van der Waals surface area contributed by atoms with E-state index < -0.39 is 0 Å². The lowest BCUT2D eigenvalue weighted by molar-refractivity contribution is 0.196. The van der Waals surface area contributed by atoms with E-state index in [0.29, 0.717) is 18.0 Å². The number of aliphatic hydroxyl groups excluding tert-OH is 1. The molecule has 0 amide bonds. The zero-order chi connectivity index (χ0) is 20.8. The van der Waals surface area contributed by atoms with E-state index >= 15 is 0 Å². The lowest BCUT2D eigenvalue weighted by Gasteiger charge is -2.27. The number of rotatable bonds is 6. The number of ether oxygens (including phenoxy) is 1. The van der Waals surface area contributed by atoms with Gasteiger partial charge in [-0.1, -0.05) is 24.3 Å². The number of benzene rings is 1. The van der Waals surface area contributed by atoms with Gasteiger partial charge in [0.15, 0.2) is 0 Å². The molecule has 1 aliphatic heterocycles. The van der Waals surface area contributed by atoms with Crippen molar-refractivity contribution in [2.24, 2.45) is 0 Å². The molecule has 0 fully saturated rings. The molecule has 0 radical (unpaired) electrons. The maximum Gasteiger partial charge on any atom is 0.213 e. The van der Waals surface area contributed by atoms with Gasteiger partial charge in [-0.25, -0.2) is 4.98 Å². The van der Waals surface area contributed by atoms with Gasteiger partial charge < -0.3 is 14.7 Å². The first-order chi connectivity index (χ1) is 14.8. The Bertz CT molecular complexity index is 1120. The molecular weight excluding hydrogens is 376 g/mol. The number of nitrogens with zero attached hydrogens (tertiary/aromatic N) is 4. The standard InChI is InChI=1S/C24H20N4O2/c25-14-18-5-1-2-6-22(18)19-13-20(23-7-3-4-10-26-23)17-28(16-19)21-8-9-24(27-15-21)30-12-11-29/h1-10,13,15,17,29H,11-12,16H2. The summed E-state index contributed by atoms with van der Waals surface area (Å²) in [5.41, 5.74) is 5.25. The Kier molecular flexibility index (Phi) is 5.83. The summed E-state index contributed by atoms with van der Waals surface area (Å²) in [7, 11) is 0. The summed E-state index contributed by atoms with van der Waals surface area (Å²) >= 11 is 0. The van der Waals surface area contributed by atoms with Crippen LogP contribution < -0.4 is 9.64 Å². The highest BCUT2D eigenvalue weighted by Crippen LogP contribution is 2.32. The molecule has 3 heterocycles. The smallest absolute Gasteiger partial charge is 0.213 e. The van der Waals surface area contributed by atoms with Gasteiger partial charge in [-0.15, -0.1) is 0 Å². The minimum absolute atomic E-state index is 0.0574. The Morgan fingerprint density at radius 2 is 1.93 bits per heavy atom. The molecule has 148 valence electrons. The number of hydrogen-bond donors (Lipinski definition) is 1. The molecule has 6 nitrogen and oxygen atoms in total. The van der Waals surface area contributed by atoms with Gasteiger partial charge in [-0.05, 0) is 41.5 Å². The molecule has 0 aliphatic carbocycles. The molecule has 4 rings (SSSR count). The van der Waals surface area contributed by atoms with Gasteiger partial charge in [0.05, 0.1) is 35.8 Å². The number of pyridine rings is 2. The summed E-state index contributed by atoms with van der Waals surface area (Å²) in [5.74, 6) is 0.462. The highest BCUT2D eigenvalue weighted by Gasteiger charge is 2.19. The van der Waals surface area contributed by atoms with Gasteiger partial charge in [0, 0.05) is 30.6 Å². The third kappa shape index (κ3) is 4.22. The maximum atomic E-state index is 9.56. The minimum Gasteiger partial charge on any atom is -0.475 e. The Hall–Kier alpha value is -3.95. The Labute approximate surface area is 175 Å². The van der Waals surface area contributed by atoms with Crippen LogP contribution in [0.25, 0.3) is 11.1 Å². The summed E-state index contributed by atoms with van der Waals surface area (Å²) in [6.07, 6.45) is 7.62. The molecular formula is C24H20N4O2. The molecule has 0 saturated heterocycles. The average molecular weight is 396 g/mol. The normalized spacial score (nSPS) is 13.3. The number of aliphatic hydroxyl groups is 1. The topological polar surface area (TPSA) is 82.3 Å². The SMILES string of the molecule is N#Cc1ccccc1C1=CC(c2ccccn2)=CN(c2ccc(OCCO)nc2)C1. The lowest BCUT2D eigenvalue weighted by atomic mass is 9.95. The van der Waals surface area contributed by atoms with Crippen molar-refractivity contribution in [3.63, 3.8) is 0 Å². The molecule has 1 aliphatic rings. The van der Waals surface area contributed by atoms with Gasteiger partial charge in [0.2, 0.25) is 5.88 Å². The highest BCUT2D eigenvalue weighted by atomic mass is 16.5. The number of nitriles is 1. The van der Waals surface area contributed by atoms with E-state index in [0.717, 1.165) is 28.1 Å². The Morgan fingerprint density at radius 3 is 2.67 bits per heavy atom. The quantitative estimate of drug-likeness (QED) is 0.685. The van der Waals surface area contributed by atoms with Crippen LogP contribution in [0.2, 0.25) is 0 Å². The van der Waals surface area contributed by atoms with Crippen LogP contribution >= 0.6 is 0 Å². The zero-order valence-corrected chi connectivity index (χ0v) is 16.3. The molecule has 0 spiro atoms. The van der Waals surface area contributed by atoms with Crippen LogP contribution in [0.3, 0.4) is 0 Å². The minimum atomic E-state index is -0.0574. The molecule has 0 bridgehead atoms. The lowest BCUT2D eigenvalue weighted by Crippen LogP contribution is -2.23. The van der Waals surface area contributed by atoms with E-state index in [1.165, 1.54) is 0 Å². The van der Waals surface area contributed by atoms with E-state index in [1.54, 1.807) is 18.5 Å². The molecule has 0 unspecified atom stereocenters. The number of hydrogen-bond acceptors (Lipinski definition) is 6. The van der Waals surface area contributed by atoms with E-state index in [4.69, 9.17) is 9.84 Å². The van der Waals surface area contributed by atoms with Crippen LogP contribution in [0.15, 0.2) is 79.3 Å². The van der Waals surface area contributed by atoms with Gasteiger partial charge in [-0.2, -0.15) is 5.26 Å². The summed E-state index contributed by atoms with van der Waals surface area (Å²) < 4.78 is 5.36. The summed E-state index contributed by atoms with van der Waals surface area (Å²) in [4.78, 5) is 10.9. The molecule has 6 heteroatoms. The molecule has 0 atom stereocenters. The van der Waals surface area contributed by atoms with Crippen molar-refractivity contribution in [3.05, 3.63) is 96.1 Å². The maximum absolute atomic E-state index is 9.56. The van der Waals surface area contributed by atoms with E-state index in [-0.39, 0.29) is 13.2 Å². The van der Waals surface area contributed by atoms with Crippen molar-refractivity contribution in [1.82, 2.24) is 9.97 Å². The third-order valence-electron chi connectivity index (χ3n) is 4.71. The molecule has 2 aromatic heterocycles. The second-order valence-electron chi connectivity index (χ2n) is 6.68. The second kappa shape index (κ2) is 9.03. The van der Waals surface area contributed by atoms with Crippen molar-refractivity contribution in [3.8, 4) is 11.9 Å². The average Bonchev–Trinajstić information content (AvgIpc) is 2.83. The fourth-order valence-corrected chi connectivity index (χ4v) is 3.31. The van der Waals surface area contributed by atoms with Crippen LogP contribution in [0.4, 0.5) is 5.69 Å². The fourth-order valence-electron chi connectivity index (χ4n) is 3.31. The number of anilines is 1. The summed E-state index contributed by atoms with van der Waals surface area (Å²) in [6.45, 7) is 0.739. The first kappa shape index (κ1) is 19.4. The van der Waals surface area contributed by atoms with Crippen LogP contribution in [-0.2, 0) is 0 Å². The van der Waals surface area contributed by atoms with E-state index in [1.807, 2.05) is 54.7 Å². The fraction of sp³-hybridized carbons (Fsp3) is 0.125. The largest absolute Gasteiger partial charge is 0.475 e. The molecule has 1 aromatic carbocycles. The van der Waals surface area contributed by atoms with Crippen molar-refractivity contribution >= 4 is 16.8 Å². The van der Waals surface area contributed by atoms with Gasteiger partial charge in [0.25, 0.3) is 0 Å². The highest BCUT2D eigenvalue weighted by molar-refractivity contribution is 5.89. The Balaban J connectivity index is 1.72. The second-order valence-corrected chi connectivity index (χ2v) is 6.68. The predicted molar refractivity (Wildman–Crippen MR) is 116 cm³/mol. The van der Waals surface area contributed by atoms with Gasteiger partial charge in [-0.3, -0.25) is 4.98 Å². The third-order valence-corrected chi connectivity index (χ3v) is 4.71. The number of aromatic nitrogens is 2. The van der Waals surface area contributed by atoms with Crippen molar-refractivity contribution in [2.45, 2.75) is 0 Å². The Morgan fingerprint density at radius 1 is 1.07 bits per heavy atom. The van der Waals surface area contributed by atoms with Crippen LogP contribution in [0, 0.1) is 11.3 Å². The zero-order valence-electron chi connectivity index (χ0n) is 16.3. The van der Waals surface area contributed by atoms with Gasteiger partial charge in [0.1, 0.15) is 6.61 Å². The summed E-state index contributed by atoms with van der Waals surface area (Å²) in [5, 5.41) is 18.5.